The van der Waals surface area contributed by atoms with Crippen LogP contribution in [0.15, 0.2) is 54.6 Å². The second-order valence-corrected chi connectivity index (χ2v) is 6.76. The van der Waals surface area contributed by atoms with Crippen LogP contribution < -0.4 is 5.32 Å². The molecule has 25 heavy (non-hydrogen) atoms. The minimum absolute atomic E-state index is 0.0544. The summed E-state index contributed by atoms with van der Waals surface area (Å²) in [4.78, 5) is 17.2. The number of nitrogens with one attached hydrogen (secondary N) is 1. The van der Waals surface area contributed by atoms with Crippen molar-refractivity contribution in [2.45, 2.75) is 19.4 Å². The Kier molecular flexibility index (Phi) is 5.84. The number of carbonyl (C=O) groups excluding carboxylic acids is 1. The van der Waals surface area contributed by atoms with Crippen molar-refractivity contribution < 1.29 is 4.79 Å². The number of aryl methyl sites for hydroxylation is 1. The van der Waals surface area contributed by atoms with Gasteiger partial charge >= 0.3 is 0 Å². The van der Waals surface area contributed by atoms with Crippen LogP contribution in [0.2, 0.25) is 0 Å². The Hall–Kier alpha value is -2.17. The maximum Gasteiger partial charge on any atom is 0.238 e. The van der Waals surface area contributed by atoms with Crippen LogP contribution in [0.3, 0.4) is 0 Å². The van der Waals surface area contributed by atoms with Gasteiger partial charge in [0.25, 0.3) is 0 Å². The molecule has 1 fully saturated rings. The number of rotatable bonds is 5. The van der Waals surface area contributed by atoms with Crippen LogP contribution in [0.25, 0.3) is 0 Å². The quantitative estimate of drug-likeness (QED) is 0.910. The van der Waals surface area contributed by atoms with Crippen LogP contribution in [0.4, 0.5) is 5.69 Å². The topological polar surface area (TPSA) is 35.6 Å². The molecule has 3 rings (SSSR count). The number of hydrogen-bond acceptors (Lipinski definition) is 3. The third kappa shape index (κ3) is 4.68. The number of nitrogens with zero attached hydrogens (tertiary/aromatic N) is 2. The van der Waals surface area contributed by atoms with Gasteiger partial charge in [-0.2, -0.15) is 0 Å². The van der Waals surface area contributed by atoms with Gasteiger partial charge in [0, 0.05) is 31.4 Å². The highest BCUT2D eigenvalue weighted by atomic mass is 16.2. The Labute approximate surface area is 150 Å². The summed E-state index contributed by atoms with van der Waals surface area (Å²) in [5.74, 6) is 0.0544. The standard InChI is InChI=1S/C21H27N3O/c1-3-17-8-7-11-19(14-17)22-21(25)16-24-13-12-23(2)15-20(24)18-9-5-4-6-10-18/h4-11,14,20H,3,12-13,15-16H2,1-2H3,(H,22,25). The summed E-state index contributed by atoms with van der Waals surface area (Å²) >= 11 is 0. The van der Waals surface area contributed by atoms with Crippen molar-refractivity contribution in [2.24, 2.45) is 0 Å². The third-order valence-electron chi connectivity index (χ3n) is 4.84. The lowest BCUT2D eigenvalue weighted by atomic mass is 10.0. The first-order valence-corrected chi connectivity index (χ1v) is 9.02. The summed E-state index contributed by atoms with van der Waals surface area (Å²) in [5.41, 5.74) is 3.39. The first-order valence-electron chi connectivity index (χ1n) is 9.02. The van der Waals surface area contributed by atoms with Crippen molar-refractivity contribution in [1.29, 1.82) is 0 Å². The molecule has 0 spiro atoms. The van der Waals surface area contributed by atoms with E-state index in [1.165, 1.54) is 11.1 Å². The van der Waals surface area contributed by atoms with E-state index >= 15 is 0 Å². The van der Waals surface area contributed by atoms with E-state index in [1.807, 2.05) is 18.2 Å². The van der Waals surface area contributed by atoms with Crippen molar-refractivity contribution in [3.8, 4) is 0 Å². The van der Waals surface area contributed by atoms with Crippen molar-refractivity contribution in [3.63, 3.8) is 0 Å². The molecule has 0 aliphatic carbocycles. The van der Waals surface area contributed by atoms with E-state index < -0.39 is 0 Å². The highest BCUT2D eigenvalue weighted by molar-refractivity contribution is 5.92. The van der Waals surface area contributed by atoms with E-state index in [-0.39, 0.29) is 11.9 Å². The average molecular weight is 337 g/mol. The SMILES string of the molecule is CCc1cccc(NC(=O)CN2CCN(C)CC2c2ccccc2)c1. The molecule has 2 aromatic carbocycles. The van der Waals surface area contributed by atoms with Gasteiger partial charge in [0.15, 0.2) is 0 Å². The minimum atomic E-state index is 0.0544. The normalized spacial score (nSPS) is 18.9. The summed E-state index contributed by atoms with van der Waals surface area (Å²) in [5, 5.41) is 3.05. The monoisotopic (exact) mass is 337 g/mol. The predicted octanol–water partition coefficient (Wildman–Crippen LogP) is 3.18. The maximum absolute atomic E-state index is 12.6. The molecule has 1 amide bonds. The number of anilines is 1. The van der Waals surface area contributed by atoms with Crippen LogP contribution in [-0.2, 0) is 11.2 Å². The lowest BCUT2D eigenvalue weighted by molar-refractivity contribution is -0.118. The Balaban J connectivity index is 1.67. The molecule has 1 unspecified atom stereocenters. The zero-order valence-corrected chi connectivity index (χ0v) is 15.1. The van der Waals surface area contributed by atoms with Crippen molar-refractivity contribution in [3.05, 3.63) is 65.7 Å². The van der Waals surface area contributed by atoms with Gasteiger partial charge in [-0.15, -0.1) is 0 Å². The van der Waals surface area contributed by atoms with Gasteiger partial charge in [0.2, 0.25) is 5.91 Å². The van der Waals surface area contributed by atoms with Gasteiger partial charge in [0.05, 0.1) is 6.54 Å². The molecular formula is C21H27N3O. The zero-order chi connectivity index (χ0) is 17.6. The smallest absolute Gasteiger partial charge is 0.238 e. The lowest BCUT2D eigenvalue weighted by Gasteiger charge is -2.39. The second-order valence-electron chi connectivity index (χ2n) is 6.76. The maximum atomic E-state index is 12.6. The van der Waals surface area contributed by atoms with E-state index in [9.17, 15) is 4.79 Å². The molecule has 0 saturated carbocycles. The van der Waals surface area contributed by atoms with Crippen LogP contribution >= 0.6 is 0 Å². The molecule has 132 valence electrons. The van der Waals surface area contributed by atoms with Gasteiger partial charge in [0.1, 0.15) is 0 Å². The van der Waals surface area contributed by atoms with Crippen molar-refractivity contribution in [1.82, 2.24) is 9.80 Å². The molecule has 4 heteroatoms. The first-order chi connectivity index (χ1) is 12.2. The Morgan fingerprint density at radius 1 is 1.12 bits per heavy atom. The molecule has 0 bridgehead atoms. The van der Waals surface area contributed by atoms with Crippen molar-refractivity contribution in [2.75, 3.05) is 38.5 Å². The fraction of sp³-hybridized carbons (Fsp3) is 0.381. The number of hydrogen-bond donors (Lipinski definition) is 1. The van der Waals surface area contributed by atoms with Crippen LogP contribution in [-0.4, -0.2) is 48.9 Å². The Bertz CT molecular complexity index is 701. The molecule has 1 aliphatic rings. The third-order valence-corrected chi connectivity index (χ3v) is 4.84. The molecular weight excluding hydrogens is 310 g/mol. The van der Waals surface area contributed by atoms with Gasteiger partial charge < -0.3 is 10.2 Å². The summed E-state index contributed by atoms with van der Waals surface area (Å²) in [6.07, 6.45) is 0.970. The van der Waals surface area contributed by atoms with E-state index in [0.717, 1.165) is 31.7 Å². The predicted molar refractivity (Wildman–Crippen MR) is 103 cm³/mol. The first kappa shape index (κ1) is 17.6. The molecule has 4 nitrogen and oxygen atoms in total. The molecule has 1 saturated heterocycles. The number of amides is 1. The average Bonchev–Trinajstić information content (AvgIpc) is 2.64. The summed E-state index contributed by atoms with van der Waals surface area (Å²) < 4.78 is 0. The van der Waals surface area contributed by atoms with E-state index in [0.29, 0.717) is 6.54 Å². The van der Waals surface area contributed by atoms with Gasteiger partial charge in [-0.25, -0.2) is 0 Å². The molecule has 1 aliphatic heterocycles. The second kappa shape index (κ2) is 8.28. The van der Waals surface area contributed by atoms with Crippen LogP contribution in [0.5, 0.6) is 0 Å². The summed E-state index contributed by atoms with van der Waals surface area (Å²) in [6, 6.07) is 18.8. The minimum Gasteiger partial charge on any atom is -0.325 e. The Morgan fingerprint density at radius 2 is 1.92 bits per heavy atom. The van der Waals surface area contributed by atoms with E-state index in [4.69, 9.17) is 0 Å². The fourth-order valence-corrected chi connectivity index (χ4v) is 3.39. The fourth-order valence-electron chi connectivity index (χ4n) is 3.39. The Morgan fingerprint density at radius 3 is 2.68 bits per heavy atom. The number of likely N-dealkylation sites (N-methyl/N-ethyl adjacent to an activating group) is 1. The molecule has 0 aromatic heterocycles. The van der Waals surface area contributed by atoms with Gasteiger partial charge in [-0.05, 0) is 36.7 Å². The van der Waals surface area contributed by atoms with Gasteiger partial charge in [-0.3, -0.25) is 9.69 Å². The molecule has 0 radical (unpaired) electrons. The molecule has 2 aromatic rings. The lowest BCUT2D eigenvalue weighted by Crippen LogP contribution is -2.49. The van der Waals surface area contributed by atoms with Crippen LogP contribution in [0.1, 0.15) is 24.1 Å². The summed E-state index contributed by atoms with van der Waals surface area (Å²) in [6.45, 7) is 5.38. The largest absolute Gasteiger partial charge is 0.325 e. The number of piperazine rings is 1. The zero-order valence-electron chi connectivity index (χ0n) is 15.1. The number of carbonyl (C=O) groups is 1. The van der Waals surface area contributed by atoms with Gasteiger partial charge in [-0.1, -0.05) is 49.4 Å². The highest BCUT2D eigenvalue weighted by Gasteiger charge is 2.27. The van der Waals surface area contributed by atoms with E-state index in [2.05, 4.69) is 65.5 Å². The number of benzene rings is 2. The van der Waals surface area contributed by atoms with E-state index in [1.54, 1.807) is 0 Å². The van der Waals surface area contributed by atoms with Crippen molar-refractivity contribution >= 4 is 11.6 Å². The molecule has 1 N–H and O–H groups in total. The molecule has 1 heterocycles. The molecule has 1 atom stereocenters. The highest BCUT2D eigenvalue weighted by Crippen LogP contribution is 2.24. The summed E-state index contributed by atoms with van der Waals surface area (Å²) in [7, 11) is 2.14. The van der Waals surface area contributed by atoms with Crippen LogP contribution in [0, 0.1) is 0 Å².